The average molecular weight is 155 g/mol. The van der Waals surface area contributed by atoms with E-state index in [0.717, 1.165) is 0 Å². The Bertz CT molecular complexity index is 270. The molecule has 58 valence electrons. The smallest absolute Gasteiger partial charge is 0.139 e. The lowest BCUT2D eigenvalue weighted by Crippen LogP contribution is -2.03. The lowest BCUT2D eigenvalue weighted by Gasteiger charge is -2.12. The molecule has 1 rings (SSSR count). The van der Waals surface area contributed by atoms with Crippen LogP contribution in [0.3, 0.4) is 0 Å². The Hall–Kier alpha value is -1.17. The summed E-state index contributed by atoms with van der Waals surface area (Å²) >= 11 is 0. The number of nitrogens with zero attached hydrogens (tertiary/aromatic N) is 1. The average Bonchev–Trinajstić information content (AvgIpc) is 1.99. The number of allylic oxidation sites excluding steroid dienone is 4. The van der Waals surface area contributed by atoms with Gasteiger partial charge in [0.15, 0.2) is 0 Å². The van der Waals surface area contributed by atoms with Crippen LogP contribution in [0.5, 0.6) is 0 Å². The summed E-state index contributed by atoms with van der Waals surface area (Å²) in [6.07, 6.45) is 1.58. The van der Waals surface area contributed by atoms with Crippen molar-refractivity contribution in [2.24, 2.45) is 5.92 Å². The summed E-state index contributed by atoms with van der Waals surface area (Å²) in [4.78, 5) is 0. The first-order valence-corrected chi connectivity index (χ1v) is 3.32. The molecule has 0 bridgehead atoms. The Balaban J connectivity index is 3.08. The van der Waals surface area contributed by atoms with Crippen LogP contribution in [0.25, 0.3) is 0 Å². The molecular weight excluding hydrogens is 148 g/mol. The number of hydrogen-bond acceptors (Lipinski definition) is 1. The molecular formula is C8H7F2N. The van der Waals surface area contributed by atoms with Gasteiger partial charge in [0.25, 0.3) is 0 Å². The fourth-order valence-electron chi connectivity index (χ4n) is 0.953. The molecule has 1 aliphatic carbocycles. The van der Waals surface area contributed by atoms with Crippen molar-refractivity contribution >= 4 is 0 Å². The number of hydrogen-bond donors (Lipinski definition) is 0. The third-order valence-corrected chi connectivity index (χ3v) is 1.67. The summed E-state index contributed by atoms with van der Waals surface area (Å²) in [6, 6.07) is 1.50. The van der Waals surface area contributed by atoms with Gasteiger partial charge in [0.2, 0.25) is 0 Å². The molecule has 0 N–H and O–H groups in total. The minimum Gasteiger partial charge on any atom is -0.210 e. The van der Waals surface area contributed by atoms with Gasteiger partial charge >= 0.3 is 0 Å². The van der Waals surface area contributed by atoms with Crippen molar-refractivity contribution in [2.75, 3.05) is 0 Å². The van der Waals surface area contributed by atoms with Gasteiger partial charge in [-0.3, -0.25) is 0 Å². The number of rotatable bonds is 0. The van der Waals surface area contributed by atoms with E-state index < -0.39 is 17.2 Å². The molecule has 0 fully saturated rings. The predicted molar refractivity (Wildman–Crippen MR) is 36.7 cm³/mol. The van der Waals surface area contributed by atoms with E-state index >= 15 is 0 Å². The van der Waals surface area contributed by atoms with Crippen LogP contribution in [0.1, 0.15) is 13.3 Å². The first kappa shape index (κ1) is 7.93. The fraction of sp³-hybridized carbons (Fsp3) is 0.375. The topological polar surface area (TPSA) is 23.8 Å². The monoisotopic (exact) mass is 155 g/mol. The van der Waals surface area contributed by atoms with Gasteiger partial charge in [0.1, 0.15) is 23.3 Å². The molecule has 0 radical (unpaired) electrons. The quantitative estimate of drug-likeness (QED) is 0.527. The molecule has 1 nitrogen and oxygen atoms in total. The second-order valence-electron chi connectivity index (χ2n) is 2.52. The van der Waals surface area contributed by atoms with Gasteiger partial charge in [-0.1, -0.05) is 6.92 Å². The maximum atomic E-state index is 12.9. The summed E-state index contributed by atoms with van der Waals surface area (Å²) in [5, 5.41) is 8.32. The van der Waals surface area contributed by atoms with Gasteiger partial charge in [-0.2, -0.15) is 5.26 Å². The van der Waals surface area contributed by atoms with Gasteiger partial charge in [0.05, 0.1) is 0 Å². The zero-order chi connectivity index (χ0) is 8.43. The fourth-order valence-corrected chi connectivity index (χ4v) is 0.953. The number of halogens is 2. The summed E-state index contributed by atoms with van der Waals surface area (Å²) in [5.74, 6) is -1.72. The highest BCUT2D eigenvalue weighted by atomic mass is 19.1. The number of nitriles is 1. The van der Waals surface area contributed by atoms with Crippen molar-refractivity contribution in [3.05, 3.63) is 23.3 Å². The Labute approximate surface area is 63.6 Å². The minimum atomic E-state index is -0.733. The molecule has 11 heavy (non-hydrogen) atoms. The highest BCUT2D eigenvalue weighted by Crippen LogP contribution is 2.30. The van der Waals surface area contributed by atoms with Crippen molar-refractivity contribution in [3.63, 3.8) is 0 Å². The van der Waals surface area contributed by atoms with Gasteiger partial charge in [-0.15, -0.1) is 0 Å². The predicted octanol–water partition coefficient (Wildman–Crippen LogP) is 2.63. The third-order valence-electron chi connectivity index (χ3n) is 1.67. The van der Waals surface area contributed by atoms with Gasteiger partial charge in [-0.25, -0.2) is 8.78 Å². The molecule has 0 aromatic heterocycles. The molecule has 3 heteroatoms. The molecule has 0 heterocycles. The second-order valence-corrected chi connectivity index (χ2v) is 2.52. The lowest BCUT2D eigenvalue weighted by atomic mass is 9.96. The van der Waals surface area contributed by atoms with E-state index in [4.69, 9.17) is 5.26 Å². The SMILES string of the molecule is CC1CC=C(F)C(C#N)=C1F. The molecule has 0 aromatic rings. The van der Waals surface area contributed by atoms with Crippen LogP contribution in [0.4, 0.5) is 8.78 Å². The maximum Gasteiger partial charge on any atom is 0.139 e. The van der Waals surface area contributed by atoms with Crippen LogP contribution in [-0.2, 0) is 0 Å². The molecule has 0 aromatic carbocycles. The van der Waals surface area contributed by atoms with Crippen LogP contribution in [0, 0.1) is 17.2 Å². The Morgan fingerprint density at radius 3 is 2.73 bits per heavy atom. The standard InChI is InChI=1S/C8H7F2N/c1-5-2-3-7(9)6(4-11)8(5)10/h3,5H,2H2,1H3. The van der Waals surface area contributed by atoms with Crippen LogP contribution in [0.2, 0.25) is 0 Å². The molecule has 1 aliphatic rings. The van der Waals surface area contributed by atoms with Crippen LogP contribution >= 0.6 is 0 Å². The molecule has 1 unspecified atom stereocenters. The second kappa shape index (κ2) is 2.83. The van der Waals surface area contributed by atoms with E-state index in [2.05, 4.69) is 0 Å². The molecule has 0 aliphatic heterocycles. The van der Waals surface area contributed by atoms with E-state index in [9.17, 15) is 8.78 Å². The van der Waals surface area contributed by atoms with Crippen molar-refractivity contribution in [1.29, 1.82) is 5.26 Å². The summed E-state index contributed by atoms with van der Waals surface area (Å²) in [6.45, 7) is 1.62. The van der Waals surface area contributed by atoms with Gasteiger partial charge in [0, 0.05) is 5.92 Å². The highest BCUT2D eigenvalue weighted by molar-refractivity contribution is 5.42. The summed E-state index contributed by atoms with van der Waals surface area (Å²) < 4.78 is 25.5. The van der Waals surface area contributed by atoms with Crippen LogP contribution in [0.15, 0.2) is 23.3 Å². The molecule has 0 saturated carbocycles. The molecule has 1 atom stereocenters. The first-order chi connectivity index (χ1) is 5.16. The highest BCUT2D eigenvalue weighted by Gasteiger charge is 2.21. The van der Waals surface area contributed by atoms with Crippen molar-refractivity contribution in [3.8, 4) is 6.07 Å². The van der Waals surface area contributed by atoms with Crippen molar-refractivity contribution < 1.29 is 8.78 Å². The largest absolute Gasteiger partial charge is 0.210 e. The third kappa shape index (κ3) is 1.30. The van der Waals surface area contributed by atoms with Gasteiger partial charge < -0.3 is 0 Å². The zero-order valence-corrected chi connectivity index (χ0v) is 6.06. The van der Waals surface area contributed by atoms with Gasteiger partial charge in [-0.05, 0) is 12.5 Å². The Morgan fingerprint density at radius 1 is 1.64 bits per heavy atom. The van der Waals surface area contributed by atoms with Crippen LogP contribution in [-0.4, -0.2) is 0 Å². The van der Waals surface area contributed by atoms with Crippen molar-refractivity contribution in [1.82, 2.24) is 0 Å². The summed E-state index contributed by atoms with van der Waals surface area (Å²) in [7, 11) is 0. The zero-order valence-electron chi connectivity index (χ0n) is 6.06. The Kier molecular flexibility index (Phi) is 2.04. The van der Waals surface area contributed by atoms with E-state index in [1.807, 2.05) is 0 Å². The van der Waals surface area contributed by atoms with E-state index in [0.29, 0.717) is 6.42 Å². The summed E-state index contributed by atoms with van der Waals surface area (Å²) in [5.41, 5.74) is -0.441. The van der Waals surface area contributed by atoms with Crippen molar-refractivity contribution in [2.45, 2.75) is 13.3 Å². The molecule has 0 saturated heterocycles. The molecule has 0 amide bonds. The normalized spacial score (nSPS) is 24.5. The van der Waals surface area contributed by atoms with E-state index in [1.54, 1.807) is 6.92 Å². The van der Waals surface area contributed by atoms with E-state index in [-0.39, 0.29) is 5.92 Å². The maximum absolute atomic E-state index is 12.9. The lowest BCUT2D eigenvalue weighted by molar-refractivity contribution is 0.467. The molecule has 0 spiro atoms. The Morgan fingerprint density at radius 2 is 2.27 bits per heavy atom. The van der Waals surface area contributed by atoms with Crippen LogP contribution < -0.4 is 0 Å². The minimum absolute atomic E-state index is 0.336. The van der Waals surface area contributed by atoms with E-state index in [1.165, 1.54) is 12.1 Å². The first-order valence-electron chi connectivity index (χ1n) is 3.32.